The Hall–Kier alpha value is -0.230. The standard InChI is InChI=1S/C8H11NO3S.Na/c1-6-5-7(12-2)3-4-8(6)9-13(10)11;/h3-5,13H,1-2H3,(H,9,10,11);. The van der Waals surface area contributed by atoms with Crippen molar-refractivity contribution in [2.75, 3.05) is 11.8 Å². The zero-order chi connectivity index (χ0) is 9.84. The van der Waals surface area contributed by atoms with Gasteiger partial charge in [0.2, 0.25) is 10.9 Å². The Morgan fingerprint density at radius 3 is 2.43 bits per heavy atom. The van der Waals surface area contributed by atoms with E-state index in [1.807, 2.05) is 6.92 Å². The molecule has 0 aliphatic carbocycles. The fourth-order valence-corrected chi connectivity index (χ4v) is 1.43. The van der Waals surface area contributed by atoms with E-state index in [-0.39, 0.29) is 29.6 Å². The third-order valence-corrected chi connectivity index (χ3v) is 2.07. The normalized spacial score (nSPS) is 9.36. The maximum Gasteiger partial charge on any atom is 0.222 e. The molecular formula is C8H11NNaO3S. The van der Waals surface area contributed by atoms with Crippen molar-refractivity contribution < 1.29 is 13.2 Å². The number of aryl methyl sites for hydroxylation is 1. The third-order valence-electron chi connectivity index (χ3n) is 1.65. The molecule has 1 rings (SSSR count). The van der Waals surface area contributed by atoms with E-state index in [0.717, 1.165) is 5.56 Å². The van der Waals surface area contributed by atoms with E-state index in [1.54, 1.807) is 25.3 Å². The molecule has 1 radical (unpaired) electrons. The molecule has 0 bridgehead atoms. The number of hydrogen-bond acceptors (Lipinski definition) is 3. The topological polar surface area (TPSA) is 55.4 Å². The molecule has 0 unspecified atom stereocenters. The third kappa shape index (κ3) is 3.88. The van der Waals surface area contributed by atoms with Gasteiger partial charge in [-0.2, -0.15) is 0 Å². The molecule has 14 heavy (non-hydrogen) atoms. The van der Waals surface area contributed by atoms with E-state index in [4.69, 9.17) is 4.74 Å². The predicted octanol–water partition coefficient (Wildman–Crippen LogP) is 0.561. The van der Waals surface area contributed by atoms with Crippen molar-refractivity contribution in [3.63, 3.8) is 0 Å². The first kappa shape index (κ1) is 13.8. The fourth-order valence-electron chi connectivity index (χ4n) is 0.987. The van der Waals surface area contributed by atoms with Crippen LogP contribution in [-0.4, -0.2) is 45.1 Å². The molecule has 1 aromatic carbocycles. The summed E-state index contributed by atoms with van der Waals surface area (Å²) in [5.74, 6) is 0.712. The van der Waals surface area contributed by atoms with Crippen LogP contribution < -0.4 is 9.46 Å². The van der Waals surface area contributed by atoms with Crippen LogP contribution in [0.2, 0.25) is 0 Å². The zero-order valence-electron chi connectivity index (χ0n) is 8.40. The van der Waals surface area contributed by atoms with Gasteiger partial charge in [-0.25, -0.2) is 8.42 Å². The van der Waals surface area contributed by atoms with Crippen LogP contribution in [0.25, 0.3) is 0 Å². The number of benzene rings is 1. The van der Waals surface area contributed by atoms with Gasteiger partial charge in [0, 0.05) is 29.6 Å². The molecule has 4 nitrogen and oxygen atoms in total. The second-order valence-electron chi connectivity index (χ2n) is 2.55. The van der Waals surface area contributed by atoms with E-state index in [2.05, 4.69) is 4.72 Å². The number of anilines is 1. The summed E-state index contributed by atoms with van der Waals surface area (Å²) in [6.07, 6.45) is 0. The number of rotatable bonds is 3. The summed E-state index contributed by atoms with van der Waals surface area (Å²) in [7, 11) is -1.03. The minimum Gasteiger partial charge on any atom is -0.497 e. The van der Waals surface area contributed by atoms with Crippen molar-refractivity contribution in [2.45, 2.75) is 6.92 Å². The van der Waals surface area contributed by atoms with Crippen LogP contribution in [0.1, 0.15) is 5.56 Å². The number of ether oxygens (including phenoxy) is 1. The SMILES string of the molecule is COc1ccc(N[SH](=O)=O)c(C)c1.[Na]. The summed E-state index contributed by atoms with van der Waals surface area (Å²) >= 11 is 0. The zero-order valence-corrected chi connectivity index (χ0v) is 11.3. The molecular weight excluding hydrogens is 213 g/mol. The number of methoxy groups -OCH3 is 1. The molecule has 0 fully saturated rings. The van der Waals surface area contributed by atoms with Gasteiger partial charge in [-0.15, -0.1) is 0 Å². The Kier molecular flexibility index (Phi) is 6.19. The summed E-state index contributed by atoms with van der Waals surface area (Å²) in [6.45, 7) is 1.81. The van der Waals surface area contributed by atoms with Crippen LogP contribution in [0.5, 0.6) is 5.75 Å². The number of thiol groups is 1. The van der Waals surface area contributed by atoms with Crippen LogP contribution in [0.4, 0.5) is 5.69 Å². The molecule has 0 saturated carbocycles. The Morgan fingerprint density at radius 1 is 1.36 bits per heavy atom. The first-order valence-corrected chi connectivity index (χ1v) is 4.87. The monoisotopic (exact) mass is 224 g/mol. The largest absolute Gasteiger partial charge is 0.497 e. The maximum atomic E-state index is 10.4. The van der Waals surface area contributed by atoms with Crippen molar-refractivity contribution in [3.8, 4) is 5.75 Å². The molecule has 0 spiro atoms. The van der Waals surface area contributed by atoms with Gasteiger partial charge in [-0.1, -0.05) is 0 Å². The van der Waals surface area contributed by atoms with Gasteiger partial charge in [0.15, 0.2) is 0 Å². The van der Waals surface area contributed by atoms with Crippen LogP contribution in [0.3, 0.4) is 0 Å². The Balaban J connectivity index is 0.00000169. The van der Waals surface area contributed by atoms with Crippen LogP contribution in [0, 0.1) is 6.92 Å². The van der Waals surface area contributed by atoms with Gasteiger partial charge in [-0.05, 0) is 30.7 Å². The quantitative estimate of drug-likeness (QED) is 0.582. The number of hydrogen-bond donors (Lipinski definition) is 2. The maximum absolute atomic E-state index is 10.4. The molecule has 0 atom stereocenters. The van der Waals surface area contributed by atoms with Crippen LogP contribution >= 0.6 is 0 Å². The molecule has 0 heterocycles. The minimum absolute atomic E-state index is 0. The van der Waals surface area contributed by atoms with Gasteiger partial charge >= 0.3 is 0 Å². The molecule has 0 aliphatic heterocycles. The molecule has 0 aromatic heterocycles. The second-order valence-corrected chi connectivity index (χ2v) is 3.29. The van der Waals surface area contributed by atoms with Crippen molar-refractivity contribution in [3.05, 3.63) is 23.8 Å². The van der Waals surface area contributed by atoms with Crippen LogP contribution in [-0.2, 0) is 10.9 Å². The average molecular weight is 224 g/mol. The molecule has 1 aromatic rings. The molecule has 1 N–H and O–H groups in total. The van der Waals surface area contributed by atoms with Crippen molar-refractivity contribution in [2.24, 2.45) is 0 Å². The minimum atomic E-state index is -2.60. The molecule has 0 amide bonds. The van der Waals surface area contributed by atoms with Crippen LogP contribution in [0.15, 0.2) is 18.2 Å². The fraction of sp³-hybridized carbons (Fsp3) is 0.250. The summed E-state index contributed by atoms with van der Waals surface area (Å²) in [5.41, 5.74) is 1.41. The summed E-state index contributed by atoms with van der Waals surface area (Å²) in [4.78, 5) is 0. The van der Waals surface area contributed by atoms with Gasteiger partial charge in [0.05, 0.1) is 12.8 Å². The Labute approximate surface area is 107 Å². The predicted molar refractivity (Wildman–Crippen MR) is 57.4 cm³/mol. The number of nitrogens with one attached hydrogen (secondary N) is 1. The average Bonchev–Trinajstić information content (AvgIpc) is 2.08. The Bertz CT molecular complexity index is 371. The molecule has 6 heteroatoms. The Morgan fingerprint density at radius 2 is 2.00 bits per heavy atom. The van der Waals surface area contributed by atoms with Gasteiger partial charge in [0.1, 0.15) is 5.75 Å². The summed E-state index contributed by atoms with van der Waals surface area (Å²) < 4.78 is 28.0. The van der Waals surface area contributed by atoms with E-state index < -0.39 is 10.9 Å². The molecule has 0 saturated heterocycles. The van der Waals surface area contributed by atoms with Gasteiger partial charge < -0.3 is 4.74 Å². The first-order valence-electron chi connectivity index (χ1n) is 3.69. The summed E-state index contributed by atoms with van der Waals surface area (Å²) in [6, 6.07) is 5.13. The van der Waals surface area contributed by atoms with E-state index in [1.165, 1.54) is 0 Å². The van der Waals surface area contributed by atoms with Gasteiger partial charge in [-0.3, -0.25) is 4.72 Å². The van der Waals surface area contributed by atoms with E-state index in [0.29, 0.717) is 11.4 Å². The van der Waals surface area contributed by atoms with E-state index in [9.17, 15) is 8.42 Å². The van der Waals surface area contributed by atoms with E-state index >= 15 is 0 Å². The smallest absolute Gasteiger partial charge is 0.222 e. The molecule has 0 aliphatic rings. The molecule has 73 valence electrons. The van der Waals surface area contributed by atoms with Crippen molar-refractivity contribution in [1.29, 1.82) is 0 Å². The van der Waals surface area contributed by atoms with Crippen molar-refractivity contribution in [1.82, 2.24) is 0 Å². The van der Waals surface area contributed by atoms with Crippen molar-refractivity contribution >= 4 is 46.1 Å². The summed E-state index contributed by atoms with van der Waals surface area (Å²) in [5, 5.41) is 0. The first-order chi connectivity index (χ1) is 6.13. The second kappa shape index (κ2) is 6.29. The van der Waals surface area contributed by atoms with Gasteiger partial charge in [0.25, 0.3) is 0 Å².